The van der Waals surface area contributed by atoms with E-state index in [1.807, 2.05) is 0 Å². The standard InChI is InChI=1S/C19H18ClFN6O4S/c1-12-23-24-25-27(12)14-3-5-16(21)17(11-14)22-19(28)13-2-4-15(20)18(10-13)32(29,30)26-6-8-31-9-7-26/h2-5,10-11H,6-9H2,1H3,(H,22,28). The van der Waals surface area contributed by atoms with E-state index in [0.29, 0.717) is 11.5 Å². The summed E-state index contributed by atoms with van der Waals surface area (Å²) >= 11 is 6.13. The van der Waals surface area contributed by atoms with Crippen LogP contribution >= 0.6 is 11.6 Å². The number of sulfonamides is 1. The first-order valence-electron chi connectivity index (χ1n) is 9.51. The molecular formula is C19H18ClFN6O4S. The highest BCUT2D eigenvalue weighted by molar-refractivity contribution is 7.89. The number of amides is 1. The van der Waals surface area contributed by atoms with Crippen LogP contribution in [0.15, 0.2) is 41.3 Å². The lowest BCUT2D eigenvalue weighted by molar-refractivity contribution is 0.0730. The van der Waals surface area contributed by atoms with Gasteiger partial charge in [-0.2, -0.15) is 8.99 Å². The first kappa shape index (κ1) is 22.3. The van der Waals surface area contributed by atoms with Crippen LogP contribution in [-0.4, -0.2) is 65.1 Å². The number of halogens is 2. The Morgan fingerprint density at radius 2 is 1.94 bits per heavy atom. The van der Waals surface area contributed by atoms with E-state index in [0.717, 1.165) is 0 Å². The van der Waals surface area contributed by atoms with E-state index >= 15 is 0 Å². The van der Waals surface area contributed by atoms with Crippen molar-refractivity contribution < 1.29 is 22.3 Å². The molecule has 0 spiro atoms. The van der Waals surface area contributed by atoms with Crippen molar-refractivity contribution in [3.05, 3.63) is 58.6 Å². The van der Waals surface area contributed by atoms with Crippen LogP contribution in [0.2, 0.25) is 5.02 Å². The normalized spacial score (nSPS) is 15.0. The third-order valence-corrected chi connectivity index (χ3v) is 7.23. The second-order valence-electron chi connectivity index (χ2n) is 6.92. The van der Waals surface area contributed by atoms with Crippen LogP contribution in [0.25, 0.3) is 5.69 Å². The van der Waals surface area contributed by atoms with Crippen LogP contribution in [0.5, 0.6) is 0 Å². The molecule has 4 rings (SSSR count). The van der Waals surface area contributed by atoms with Crippen molar-refractivity contribution in [2.24, 2.45) is 0 Å². The Kier molecular flexibility index (Phi) is 6.20. The number of carbonyl (C=O) groups is 1. The van der Waals surface area contributed by atoms with Gasteiger partial charge in [0, 0.05) is 18.7 Å². The molecule has 13 heteroatoms. The molecule has 1 aromatic heterocycles. The minimum absolute atomic E-state index is 0.00430. The lowest BCUT2D eigenvalue weighted by Gasteiger charge is -2.26. The number of nitrogens with one attached hydrogen (secondary N) is 1. The Morgan fingerprint density at radius 3 is 2.62 bits per heavy atom. The monoisotopic (exact) mass is 480 g/mol. The minimum atomic E-state index is -3.93. The van der Waals surface area contributed by atoms with Gasteiger partial charge < -0.3 is 10.1 Å². The highest BCUT2D eigenvalue weighted by atomic mass is 35.5. The molecule has 0 atom stereocenters. The number of hydrogen-bond acceptors (Lipinski definition) is 7. The Balaban J connectivity index is 1.62. The summed E-state index contributed by atoms with van der Waals surface area (Å²) in [5.41, 5.74) is 0.329. The van der Waals surface area contributed by atoms with Crippen molar-refractivity contribution in [1.82, 2.24) is 24.5 Å². The molecule has 168 valence electrons. The van der Waals surface area contributed by atoms with Gasteiger partial charge in [-0.15, -0.1) is 5.10 Å². The molecule has 1 fully saturated rings. The molecule has 1 N–H and O–H groups in total. The van der Waals surface area contributed by atoms with E-state index < -0.39 is 21.7 Å². The first-order chi connectivity index (χ1) is 15.3. The lowest BCUT2D eigenvalue weighted by atomic mass is 10.2. The van der Waals surface area contributed by atoms with Gasteiger partial charge in [-0.25, -0.2) is 12.8 Å². The van der Waals surface area contributed by atoms with Crippen LogP contribution in [0.4, 0.5) is 10.1 Å². The number of aromatic nitrogens is 4. The molecule has 10 nitrogen and oxygen atoms in total. The van der Waals surface area contributed by atoms with Gasteiger partial charge in [-0.1, -0.05) is 11.6 Å². The SMILES string of the molecule is Cc1nnnn1-c1ccc(F)c(NC(=O)c2ccc(Cl)c(S(=O)(=O)N3CCOCC3)c2)c1. The zero-order chi connectivity index (χ0) is 22.9. The molecule has 2 aromatic carbocycles. The number of rotatable bonds is 5. The molecule has 0 unspecified atom stereocenters. The second-order valence-corrected chi connectivity index (χ2v) is 9.23. The van der Waals surface area contributed by atoms with Gasteiger partial charge in [0.05, 0.1) is 29.6 Å². The van der Waals surface area contributed by atoms with Crippen molar-refractivity contribution in [3.8, 4) is 5.69 Å². The zero-order valence-corrected chi connectivity index (χ0v) is 18.4. The molecule has 0 saturated carbocycles. The summed E-state index contributed by atoms with van der Waals surface area (Å²) in [6.45, 7) is 2.58. The maximum atomic E-state index is 14.4. The van der Waals surface area contributed by atoms with Gasteiger partial charge >= 0.3 is 0 Å². The molecule has 1 aliphatic rings. The Morgan fingerprint density at radius 1 is 1.19 bits per heavy atom. The number of morpholine rings is 1. The molecule has 1 saturated heterocycles. The quantitative estimate of drug-likeness (QED) is 0.593. The Labute approximate surface area is 188 Å². The molecule has 2 heterocycles. The minimum Gasteiger partial charge on any atom is -0.379 e. The van der Waals surface area contributed by atoms with Gasteiger partial charge in [0.1, 0.15) is 10.7 Å². The van der Waals surface area contributed by atoms with Crippen molar-refractivity contribution in [2.75, 3.05) is 31.6 Å². The summed E-state index contributed by atoms with van der Waals surface area (Å²) in [6, 6.07) is 7.86. The van der Waals surface area contributed by atoms with Crippen molar-refractivity contribution in [1.29, 1.82) is 0 Å². The van der Waals surface area contributed by atoms with Gasteiger partial charge in [-0.05, 0) is 53.7 Å². The third kappa shape index (κ3) is 4.35. The fourth-order valence-electron chi connectivity index (χ4n) is 3.17. The van der Waals surface area contributed by atoms with E-state index in [1.165, 1.54) is 45.4 Å². The molecule has 1 amide bonds. The summed E-state index contributed by atoms with van der Waals surface area (Å²) in [4.78, 5) is 12.6. The average Bonchev–Trinajstić information content (AvgIpc) is 3.22. The number of carbonyl (C=O) groups excluding carboxylic acids is 1. The Bertz CT molecular complexity index is 1280. The van der Waals surface area contributed by atoms with Gasteiger partial charge in [-0.3, -0.25) is 4.79 Å². The van der Waals surface area contributed by atoms with Crippen molar-refractivity contribution in [2.45, 2.75) is 11.8 Å². The lowest BCUT2D eigenvalue weighted by Crippen LogP contribution is -2.40. The number of anilines is 1. The number of ether oxygens (including phenoxy) is 1. The smallest absolute Gasteiger partial charge is 0.255 e. The molecule has 32 heavy (non-hydrogen) atoms. The van der Waals surface area contributed by atoms with Crippen molar-refractivity contribution >= 4 is 33.2 Å². The van der Waals surface area contributed by atoms with Gasteiger partial charge in [0.25, 0.3) is 5.91 Å². The summed E-state index contributed by atoms with van der Waals surface area (Å²) in [7, 11) is -3.93. The van der Waals surface area contributed by atoms with E-state index in [4.69, 9.17) is 16.3 Å². The predicted molar refractivity (Wildman–Crippen MR) is 113 cm³/mol. The second kappa shape index (κ2) is 8.90. The third-order valence-electron chi connectivity index (χ3n) is 4.85. The predicted octanol–water partition coefficient (Wildman–Crippen LogP) is 2.04. The van der Waals surface area contributed by atoms with Crippen LogP contribution < -0.4 is 5.32 Å². The van der Waals surface area contributed by atoms with Gasteiger partial charge in [0.2, 0.25) is 10.0 Å². The van der Waals surface area contributed by atoms with Crippen LogP contribution in [0.3, 0.4) is 0 Å². The summed E-state index contributed by atoms with van der Waals surface area (Å²) in [5, 5.41) is 13.6. The van der Waals surface area contributed by atoms with E-state index in [2.05, 4.69) is 20.8 Å². The van der Waals surface area contributed by atoms with Crippen LogP contribution in [0, 0.1) is 12.7 Å². The number of aryl methyl sites for hydroxylation is 1. The summed E-state index contributed by atoms with van der Waals surface area (Å²) < 4.78 is 48.1. The zero-order valence-electron chi connectivity index (χ0n) is 16.8. The molecule has 0 aliphatic carbocycles. The molecule has 3 aromatic rings. The number of tetrazole rings is 1. The topological polar surface area (TPSA) is 119 Å². The van der Waals surface area contributed by atoms with Crippen LogP contribution in [0.1, 0.15) is 16.2 Å². The summed E-state index contributed by atoms with van der Waals surface area (Å²) in [6.07, 6.45) is 0. The number of hydrogen-bond donors (Lipinski definition) is 1. The first-order valence-corrected chi connectivity index (χ1v) is 11.3. The highest BCUT2D eigenvalue weighted by Gasteiger charge is 2.29. The van der Waals surface area contributed by atoms with E-state index in [9.17, 15) is 17.6 Å². The molecule has 0 radical (unpaired) electrons. The van der Waals surface area contributed by atoms with Crippen molar-refractivity contribution in [3.63, 3.8) is 0 Å². The van der Waals surface area contributed by atoms with Crippen LogP contribution in [-0.2, 0) is 14.8 Å². The maximum absolute atomic E-state index is 14.4. The Hall–Kier alpha value is -2.93. The number of benzene rings is 2. The average molecular weight is 481 g/mol. The van der Waals surface area contributed by atoms with Gasteiger partial charge in [0.15, 0.2) is 5.82 Å². The molecule has 0 bridgehead atoms. The largest absolute Gasteiger partial charge is 0.379 e. The number of nitrogens with zero attached hydrogens (tertiary/aromatic N) is 5. The molecule has 1 aliphatic heterocycles. The fourth-order valence-corrected chi connectivity index (χ4v) is 5.08. The fraction of sp³-hybridized carbons (Fsp3) is 0.263. The van der Waals surface area contributed by atoms with E-state index in [1.54, 1.807) is 6.92 Å². The maximum Gasteiger partial charge on any atom is 0.255 e. The summed E-state index contributed by atoms with van der Waals surface area (Å²) in [5.74, 6) is -0.905. The molecular weight excluding hydrogens is 463 g/mol. The highest BCUT2D eigenvalue weighted by Crippen LogP contribution is 2.27. The van der Waals surface area contributed by atoms with E-state index in [-0.39, 0.29) is 47.5 Å².